The van der Waals surface area contributed by atoms with E-state index in [9.17, 15) is 4.79 Å². The van der Waals surface area contributed by atoms with Crippen molar-refractivity contribution in [2.24, 2.45) is 28.6 Å². The summed E-state index contributed by atoms with van der Waals surface area (Å²) in [6.45, 7) is 3.71. The molecular formula is C15H27N3O2. The number of carbonyl (C=O) groups excluding carboxylic acids is 1. The average molecular weight is 281 g/mol. The van der Waals surface area contributed by atoms with Gasteiger partial charge in [-0.1, -0.05) is 37.8 Å². The van der Waals surface area contributed by atoms with E-state index in [0.29, 0.717) is 12.3 Å². The number of likely N-dealkylation sites (tertiary alicyclic amines) is 1. The summed E-state index contributed by atoms with van der Waals surface area (Å²) in [5, 5.41) is 11.9. The molecule has 0 spiro atoms. The average Bonchev–Trinajstić information content (AvgIpc) is 2.50. The first-order valence-corrected chi connectivity index (χ1v) is 7.93. The van der Waals surface area contributed by atoms with E-state index >= 15 is 0 Å². The van der Waals surface area contributed by atoms with Crippen molar-refractivity contribution in [1.82, 2.24) is 4.90 Å². The van der Waals surface area contributed by atoms with Gasteiger partial charge in [0, 0.05) is 13.1 Å². The Labute approximate surface area is 121 Å². The van der Waals surface area contributed by atoms with E-state index in [1.807, 2.05) is 11.8 Å². The van der Waals surface area contributed by atoms with Crippen LogP contribution in [0.25, 0.3) is 0 Å². The topological polar surface area (TPSA) is 78.9 Å². The lowest BCUT2D eigenvalue weighted by Crippen LogP contribution is -2.49. The standard InChI is InChI=1S/C15H27N3O2/c1-2-5-13(14(16)17-20)15(19)18-9-8-11-6-3-4-7-12(11)10-18/h11-13,20H,2-10H2,1H3,(H2,16,17). The van der Waals surface area contributed by atoms with Gasteiger partial charge in [-0.3, -0.25) is 4.79 Å². The van der Waals surface area contributed by atoms with E-state index in [1.54, 1.807) is 0 Å². The summed E-state index contributed by atoms with van der Waals surface area (Å²) < 4.78 is 0. The Morgan fingerprint density at radius 2 is 2.05 bits per heavy atom. The largest absolute Gasteiger partial charge is 0.409 e. The molecule has 0 aromatic carbocycles. The zero-order valence-electron chi connectivity index (χ0n) is 12.4. The third-order valence-electron chi connectivity index (χ3n) is 4.95. The summed E-state index contributed by atoms with van der Waals surface area (Å²) in [6.07, 6.45) is 7.83. The lowest BCUT2D eigenvalue weighted by molar-refractivity contribution is -0.136. The summed E-state index contributed by atoms with van der Waals surface area (Å²) >= 11 is 0. The molecule has 0 aromatic rings. The van der Waals surface area contributed by atoms with Crippen molar-refractivity contribution in [3.05, 3.63) is 0 Å². The number of nitrogens with zero attached hydrogens (tertiary/aromatic N) is 2. The fourth-order valence-electron chi connectivity index (χ4n) is 3.78. The number of piperidine rings is 1. The van der Waals surface area contributed by atoms with E-state index in [0.717, 1.165) is 31.8 Å². The van der Waals surface area contributed by atoms with Gasteiger partial charge in [0.25, 0.3) is 0 Å². The van der Waals surface area contributed by atoms with Crippen LogP contribution < -0.4 is 5.73 Å². The van der Waals surface area contributed by atoms with Gasteiger partial charge in [0.1, 0.15) is 0 Å². The summed E-state index contributed by atoms with van der Waals surface area (Å²) in [4.78, 5) is 14.6. The first-order chi connectivity index (χ1) is 9.67. The Hall–Kier alpha value is -1.26. The Bertz CT molecular complexity index is 370. The van der Waals surface area contributed by atoms with Crippen LogP contribution in [0.15, 0.2) is 5.16 Å². The quantitative estimate of drug-likeness (QED) is 0.359. The molecule has 3 unspecified atom stereocenters. The van der Waals surface area contributed by atoms with Gasteiger partial charge in [-0.15, -0.1) is 0 Å². The monoisotopic (exact) mass is 281 g/mol. The van der Waals surface area contributed by atoms with Crippen LogP contribution in [-0.4, -0.2) is 34.9 Å². The highest BCUT2D eigenvalue weighted by molar-refractivity contribution is 6.02. The predicted molar refractivity (Wildman–Crippen MR) is 78.5 cm³/mol. The van der Waals surface area contributed by atoms with Gasteiger partial charge in [0.05, 0.1) is 5.92 Å². The van der Waals surface area contributed by atoms with Crippen molar-refractivity contribution >= 4 is 11.7 Å². The first-order valence-electron chi connectivity index (χ1n) is 7.93. The number of carbonyl (C=O) groups is 1. The van der Waals surface area contributed by atoms with Gasteiger partial charge in [-0.05, 0) is 31.1 Å². The fraction of sp³-hybridized carbons (Fsp3) is 0.867. The number of amidine groups is 1. The van der Waals surface area contributed by atoms with Crippen LogP contribution >= 0.6 is 0 Å². The third-order valence-corrected chi connectivity index (χ3v) is 4.95. The predicted octanol–water partition coefficient (Wildman–Crippen LogP) is 2.19. The molecule has 1 aliphatic carbocycles. The zero-order chi connectivity index (χ0) is 14.5. The molecule has 2 fully saturated rings. The van der Waals surface area contributed by atoms with Crippen molar-refractivity contribution in [2.75, 3.05) is 13.1 Å². The van der Waals surface area contributed by atoms with Crippen LogP contribution in [-0.2, 0) is 4.79 Å². The minimum atomic E-state index is -0.454. The highest BCUT2D eigenvalue weighted by atomic mass is 16.4. The van der Waals surface area contributed by atoms with Crippen molar-refractivity contribution in [2.45, 2.75) is 51.9 Å². The minimum absolute atomic E-state index is 0.0474. The van der Waals surface area contributed by atoms with Crippen molar-refractivity contribution in [3.8, 4) is 0 Å². The number of rotatable bonds is 4. The molecule has 0 bridgehead atoms. The van der Waals surface area contributed by atoms with Gasteiger partial charge >= 0.3 is 0 Å². The normalized spacial score (nSPS) is 28.9. The molecule has 20 heavy (non-hydrogen) atoms. The van der Waals surface area contributed by atoms with Crippen molar-refractivity contribution in [3.63, 3.8) is 0 Å². The molecule has 5 nitrogen and oxygen atoms in total. The molecule has 1 saturated carbocycles. The Morgan fingerprint density at radius 3 is 2.70 bits per heavy atom. The van der Waals surface area contributed by atoms with Crippen LogP contribution in [0.1, 0.15) is 51.9 Å². The molecule has 0 aromatic heterocycles. The second kappa shape index (κ2) is 6.95. The van der Waals surface area contributed by atoms with E-state index in [4.69, 9.17) is 10.9 Å². The molecule has 114 valence electrons. The van der Waals surface area contributed by atoms with E-state index in [-0.39, 0.29) is 11.7 Å². The highest BCUT2D eigenvalue weighted by Gasteiger charge is 2.35. The van der Waals surface area contributed by atoms with Gasteiger partial charge in [0.2, 0.25) is 5.91 Å². The van der Waals surface area contributed by atoms with Gasteiger partial charge in [0.15, 0.2) is 5.84 Å². The van der Waals surface area contributed by atoms with Gasteiger partial charge in [-0.25, -0.2) is 0 Å². The van der Waals surface area contributed by atoms with E-state index in [1.165, 1.54) is 25.7 Å². The second-order valence-corrected chi connectivity index (χ2v) is 6.24. The first kappa shape index (κ1) is 15.1. The maximum Gasteiger partial charge on any atom is 0.233 e. The second-order valence-electron chi connectivity index (χ2n) is 6.24. The molecule has 0 radical (unpaired) electrons. The van der Waals surface area contributed by atoms with Gasteiger partial charge in [-0.2, -0.15) is 0 Å². The Morgan fingerprint density at radius 1 is 1.35 bits per heavy atom. The summed E-state index contributed by atoms with van der Waals surface area (Å²) in [5.74, 6) is 1.12. The molecule has 3 N–H and O–H groups in total. The van der Waals surface area contributed by atoms with Gasteiger partial charge < -0.3 is 15.8 Å². The molecular weight excluding hydrogens is 254 g/mol. The molecule has 1 heterocycles. The number of oxime groups is 1. The van der Waals surface area contributed by atoms with Crippen LogP contribution in [0.5, 0.6) is 0 Å². The summed E-state index contributed by atoms with van der Waals surface area (Å²) in [7, 11) is 0. The van der Waals surface area contributed by atoms with E-state index in [2.05, 4.69) is 5.16 Å². The molecule has 1 aliphatic heterocycles. The Balaban J connectivity index is 2.00. The molecule has 2 aliphatic rings. The van der Waals surface area contributed by atoms with Crippen LogP contribution in [0, 0.1) is 17.8 Å². The fourth-order valence-corrected chi connectivity index (χ4v) is 3.78. The third kappa shape index (κ3) is 3.25. The number of nitrogens with two attached hydrogens (primary N) is 1. The van der Waals surface area contributed by atoms with Crippen LogP contribution in [0.2, 0.25) is 0 Å². The molecule has 1 saturated heterocycles. The lowest BCUT2D eigenvalue weighted by Gasteiger charge is -2.42. The minimum Gasteiger partial charge on any atom is -0.409 e. The molecule has 3 atom stereocenters. The zero-order valence-corrected chi connectivity index (χ0v) is 12.4. The van der Waals surface area contributed by atoms with Crippen molar-refractivity contribution < 1.29 is 10.0 Å². The Kier molecular flexibility index (Phi) is 5.26. The summed E-state index contributed by atoms with van der Waals surface area (Å²) in [6, 6.07) is 0. The molecule has 1 amide bonds. The van der Waals surface area contributed by atoms with Crippen LogP contribution in [0.4, 0.5) is 0 Å². The number of fused-ring (bicyclic) bond motifs is 1. The smallest absolute Gasteiger partial charge is 0.233 e. The lowest BCUT2D eigenvalue weighted by atomic mass is 9.75. The van der Waals surface area contributed by atoms with E-state index < -0.39 is 5.92 Å². The SMILES string of the molecule is CCCC(C(=O)N1CCC2CCCCC2C1)C(N)=NO. The number of hydrogen-bond donors (Lipinski definition) is 2. The molecule has 2 rings (SSSR count). The maximum absolute atomic E-state index is 12.6. The number of amides is 1. The maximum atomic E-state index is 12.6. The number of hydrogen-bond acceptors (Lipinski definition) is 3. The van der Waals surface area contributed by atoms with Crippen LogP contribution in [0.3, 0.4) is 0 Å². The molecule has 5 heteroatoms. The van der Waals surface area contributed by atoms with Crippen molar-refractivity contribution in [1.29, 1.82) is 0 Å². The summed E-state index contributed by atoms with van der Waals surface area (Å²) in [5.41, 5.74) is 5.70. The highest BCUT2D eigenvalue weighted by Crippen LogP contribution is 2.36.